The SMILES string of the molecule is CCCCCCCCC1N(CCCC)C=CN1CCCCCC. The Morgan fingerprint density at radius 2 is 1.04 bits per heavy atom. The molecule has 0 spiro atoms. The highest BCUT2D eigenvalue weighted by atomic mass is 15.4. The van der Waals surface area contributed by atoms with E-state index in [1.807, 2.05) is 0 Å². The van der Waals surface area contributed by atoms with Crippen LogP contribution >= 0.6 is 0 Å². The van der Waals surface area contributed by atoms with E-state index < -0.39 is 0 Å². The Hall–Kier alpha value is -0.660. The van der Waals surface area contributed by atoms with Crippen LogP contribution < -0.4 is 0 Å². The first-order valence-corrected chi connectivity index (χ1v) is 10.5. The van der Waals surface area contributed by atoms with Gasteiger partial charge in [0.1, 0.15) is 6.17 Å². The molecule has 1 unspecified atom stereocenters. The number of hydrogen-bond donors (Lipinski definition) is 0. The molecular weight excluding hydrogens is 280 g/mol. The summed E-state index contributed by atoms with van der Waals surface area (Å²) in [5.74, 6) is 0. The molecule has 0 aliphatic carbocycles. The highest BCUT2D eigenvalue weighted by Crippen LogP contribution is 2.23. The van der Waals surface area contributed by atoms with Gasteiger partial charge >= 0.3 is 0 Å². The lowest BCUT2D eigenvalue weighted by atomic mass is 10.1. The fraction of sp³-hybridized carbons (Fsp3) is 0.905. The summed E-state index contributed by atoms with van der Waals surface area (Å²) >= 11 is 0. The quantitative estimate of drug-likeness (QED) is 0.316. The molecule has 136 valence electrons. The highest BCUT2D eigenvalue weighted by molar-refractivity contribution is 4.96. The van der Waals surface area contributed by atoms with Crippen LogP contribution in [0.3, 0.4) is 0 Å². The van der Waals surface area contributed by atoms with E-state index in [0.717, 1.165) is 0 Å². The molecule has 1 aliphatic heterocycles. The van der Waals surface area contributed by atoms with Gasteiger partial charge < -0.3 is 9.80 Å². The maximum Gasteiger partial charge on any atom is 0.101 e. The Morgan fingerprint density at radius 1 is 0.565 bits per heavy atom. The first-order chi connectivity index (χ1) is 11.3. The fourth-order valence-electron chi connectivity index (χ4n) is 3.51. The third-order valence-corrected chi connectivity index (χ3v) is 5.07. The van der Waals surface area contributed by atoms with Crippen LogP contribution in [-0.4, -0.2) is 29.1 Å². The van der Waals surface area contributed by atoms with Crippen LogP contribution in [0.5, 0.6) is 0 Å². The molecule has 0 aromatic rings. The molecule has 1 heterocycles. The molecule has 2 nitrogen and oxygen atoms in total. The second kappa shape index (κ2) is 13.7. The molecular formula is C21H42N2. The monoisotopic (exact) mass is 322 g/mol. The Morgan fingerprint density at radius 3 is 1.65 bits per heavy atom. The molecule has 0 bridgehead atoms. The molecule has 0 saturated carbocycles. The number of hydrogen-bond acceptors (Lipinski definition) is 2. The Balaban J connectivity index is 2.31. The molecule has 2 heteroatoms. The van der Waals surface area contributed by atoms with Gasteiger partial charge in [0.05, 0.1) is 0 Å². The second-order valence-corrected chi connectivity index (χ2v) is 7.23. The molecule has 0 N–H and O–H groups in total. The third kappa shape index (κ3) is 8.67. The van der Waals surface area contributed by atoms with E-state index in [9.17, 15) is 0 Å². The minimum absolute atomic E-state index is 0.648. The van der Waals surface area contributed by atoms with Gasteiger partial charge in [0.25, 0.3) is 0 Å². The predicted molar refractivity (Wildman–Crippen MR) is 103 cm³/mol. The largest absolute Gasteiger partial charge is 0.356 e. The van der Waals surface area contributed by atoms with E-state index in [4.69, 9.17) is 0 Å². The number of nitrogens with zero attached hydrogens (tertiary/aromatic N) is 2. The van der Waals surface area contributed by atoms with Crippen molar-refractivity contribution in [3.8, 4) is 0 Å². The lowest BCUT2D eigenvalue weighted by molar-refractivity contribution is 0.136. The van der Waals surface area contributed by atoms with Gasteiger partial charge in [-0.3, -0.25) is 0 Å². The van der Waals surface area contributed by atoms with Gasteiger partial charge in [-0.05, 0) is 25.7 Å². The second-order valence-electron chi connectivity index (χ2n) is 7.23. The van der Waals surface area contributed by atoms with Crippen LogP contribution in [-0.2, 0) is 0 Å². The first-order valence-electron chi connectivity index (χ1n) is 10.5. The molecule has 0 aromatic heterocycles. The van der Waals surface area contributed by atoms with E-state index in [-0.39, 0.29) is 0 Å². The summed E-state index contributed by atoms with van der Waals surface area (Å²) in [6.45, 7) is 9.37. The zero-order chi connectivity index (χ0) is 16.8. The van der Waals surface area contributed by atoms with Crippen LogP contribution in [0.2, 0.25) is 0 Å². The fourth-order valence-corrected chi connectivity index (χ4v) is 3.51. The van der Waals surface area contributed by atoms with Gasteiger partial charge in [0, 0.05) is 25.5 Å². The lowest BCUT2D eigenvalue weighted by Crippen LogP contribution is -2.39. The van der Waals surface area contributed by atoms with Gasteiger partial charge in [-0.25, -0.2) is 0 Å². The lowest BCUT2D eigenvalue weighted by Gasteiger charge is -2.33. The summed E-state index contributed by atoms with van der Waals surface area (Å²) in [5.41, 5.74) is 0. The van der Waals surface area contributed by atoms with E-state index in [0.29, 0.717) is 6.17 Å². The summed E-state index contributed by atoms with van der Waals surface area (Å²) in [5, 5.41) is 0. The van der Waals surface area contributed by atoms with Crippen LogP contribution in [0.4, 0.5) is 0 Å². The number of rotatable bonds is 15. The molecule has 1 rings (SSSR count). The van der Waals surface area contributed by atoms with Gasteiger partial charge in [0.15, 0.2) is 0 Å². The molecule has 0 radical (unpaired) electrons. The summed E-state index contributed by atoms with van der Waals surface area (Å²) in [7, 11) is 0. The van der Waals surface area contributed by atoms with Crippen LogP contribution in [0.15, 0.2) is 12.4 Å². The van der Waals surface area contributed by atoms with Crippen molar-refractivity contribution in [3.05, 3.63) is 12.4 Å². The van der Waals surface area contributed by atoms with Crippen molar-refractivity contribution in [3.63, 3.8) is 0 Å². The standard InChI is InChI=1S/C21H42N2/c1-4-7-10-12-13-14-16-21-22(17-9-6-3)19-20-23(21)18-15-11-8-5-2/h19-21H,4-18H2,1-3H3. The van der Waals surface area contributed by atoms with E-state index in [2.05, 4.69) is 43.0 Å². The minimum atomic E-state index is 0.648. The van der Waals surface area contributed by atoms with Gasteiger partial charge in [0.2, 0.25) is 0 Å². The first kappa shape index (κ1) is 20.4. The van der Waals surface area contributed by atoms with E-state index in [1.165, 1.54) is 96.6 Å². The average molecular weight is 323 g/mol. The van der Waals surface area contributed by atoms with Crippen molar-refractivity contribution >= 4 is 0 Å². The van der Waals surface area contributed by atoms with Crippen molar-refractivity contribution < 1.29 is 0 Å². The zero-order valence-corrected chi connectivity index (χ0v) is 16.2. The predicted octanol–water partition coefficient (Wildman–Crippen LogP) is 6.53. The van der Waals surface area contributed by atoms with Crippen molar-refractivity contribution in [2.75, 3.05) is 13.1 Å². The van der Waals surface area contributed by atoms with Crippen molar-refractivity contribution in [1.29, 1.82) is 0 Å². The minimum Gasteiger partial charge on any atom is -0.356 e. The molecule has 1 aliphatic rings. The molecule has 0 saturated heterocycles. The van der Waals surface area contributed by atoms with E-state index >= 15 is 0 Å². The average Bonchev–Trinajstić information content (AvgIpc) is 2.95. The number of unbranched alkanes of at least 4 members (excludes halogenated alkanes) is 9. The van der Waals surface area contributed by atoms with Crippen LogP contribution in [0.1, 0.15) is 104 Å². The topological polar surface area (TPSA) is 6.48 Å². The van der Waals surface area contributed by atoms with Crippen LogP contribution in [0, 0.1) is 0 Å². The molecule has 0 amide bonds. The molecule has 1 atom stereocenters. The van der Waals surface area contributed by atoms with Crippen molar-refractivity contribution in [2.24, 2.45) is 0 Å². The summed E-state index contributed by atoms with van der Waals surface area (Å²) in [4.78, 5) is 5.23. The maximum atomic E-state index is 2.62. The third-order valence-electron chi connectivity index (χ3n) is 5.07. The van der Waals surface area contributed by atoms with Gasteiger partial charge in [-0.15, -0.1) is 0 Å². The summed E-state index contributed by atoms with van der Waals surface area (Å²) in [6, 6.07) is 0. The van der Waals surface area contributed by atoms with Gasteiger partial charge in [-0.2, -0.15) is 0 Å². The van der Waals surface area contributed by atoms with Crippen molar-refractivity contribution in [1.82, 2.24) is 9.80 Å². The maximum absolute atomic E-state index is 2.62. The van der Waals surface area contributed by atoms with Gasteiger partial charge in [-0.1, -0.05) is 78.6 Å². The normalized spacial score (nSPS) is 17.4. The Bertz CT molecular complexity index is 288. The van der Waals surface area contributed by atoms with Crippen molar-refractivity contribution in [2.45, 2.75) is 110 Å². The Labute approximate surface area is 146 Å². The molecule has 23 heavy (non-hydrogen) atoms. The molecule has 0 aromatic carbocycles. The molecule has 0 fully saturated rings. The Kier molecular flexibility index (Phi) is 12.2. The summed E-state index contributed by atoms with van der Waals surface area (Å²) < 4.78 is 0. The summed E-state index contributed by atoms with van der Waals surface area (Å²) in [6.07, 6.45) is 23.2. The van der Waals surface area contributed by atoms with Crippen LogP contribution in [0.25, 0.3) is 0 Å². The van der Waals surface area contributed by atoms with E-state index in [1.54, 1.807) is 0 Å². The zero-order valence-electron chi connectivity index (χ0n) is 16.2. The highest BCUT2D eigenvalue weighted by Gasteiger charge is 2.24. The smallest absolute Gasteiger partial charge is 0.101 e.